The van der Waals surface area contributed by atoms with Crippen LogP contribution in [0.2, 0.25) is 0 Å². The maximum Gasteiger partial charge on any atom is 0.155 e. The monoisotopic (exact) mass is 358 g/mol. The molecule has 25 heavy (non-hydrogen) atoms. The molecule has 2 rings (SSSR count). The molecule has 0 amide bonds. The first-order valence-corrected chi connectivity index (χ1v) is 10.2. The van der Waals surface area contributed by atoms with Crippen LogP contribution in [0.1, 0.15) is 61.1 Å². The molecule has 0 aliphatic rings. The summed E-state index contributed by atoms with van der Waals surface area (Å²) in [6.07, 6.45) is 4.25. The molecule has 0 aliphatic heterocycles. The summed E-state index contributed by atoms with van der Waals surface area (Å²) >= 11 is 0. The first kappa shape index (κ1) is 20.1. The summed E-state index contributed by atoms with van der Waals surface area (Å²) in [7, 11) is 0.0737. The molecular weight excluding hydrogens is 327 g/mol. The smallest absolute Gasteiger partial charge is 0.155 e. The van der Waals surface area contributed by atoms with E-state index in [-0.39, 0.29) is 9.03 Å². The van der Waals surface area contributed by atoms with Gasteiger partial charge in [-0.3, -0.25) is 0 Å². The van der Waals surface area contributed by atoms with Crippen molar-refractivity contribution in [3.8, 4) is 0 Å². The van der Waals surface area contributed by atoms with Crippen molar-refractivity contribution in [3.05, 3.63) is 69.8 Å². The maximum absolute atomic E-state index is 5.82. The van der Waals surface area contributed by atoms with Gasteiger partial charge in [-0.15, -0.1) is 0 Å². The van der Waals surface area contributed by atoms with Gasteiger partial charge in [0.25, 0.3) is 0 Å². The van der Waals surface area contributed by atoms with Crippen molar-refractivity contribution in [3.63, 3.8) is 0 Å². The largest absolute Gasteiger partial charge is 0.331 e. The Bertz CT molecular complexity index is 610. The molecule has 2 aromatic carbocycles. The lowest BCUT2D eigenvalue weighted by Crippen LogP contribution is -2.00. The molecule has 0 fully saturated rings. The van der Waals surface area contributed by atoms with Gasteiger partial charge in [-0.2, -0.15) is 0 Å². The van der Waals surface area contributed by atoms with E-state index in [1.165, 1.54) is 33.4 Å². The second-order valence-electron chi connectivity index (χ2n) is 6.18. The fraction of sp³-hybridized carbons (Fsp3) is 0.455. The first-order chi connectivity index (χ1) is 12.2. The van der Waals surface area contributed by atoms with Crippen LogP contribution in [0.5, 0.6) is 0 Å². The van der Waals surface area contributed by atoms with E-state index in [9.17, 15) is 0 Å². The molecule has 0 bridgehead atoms. The zero-order valence-corrected chi connectivity index (χ0v) is 17.0. The van der Waals surface area contributed by atoms with Crippen LogP contribution in [0, 0.1) is 0 Å². The van der Waals surface area contributed by atoms with Crippen molar-refractivity contribution in [2.24, 2.45) is 0 Å². The van der Waals surface area contributed by atoms with Crippen molar-refractivity contribution in [2.75, 3.05) is 0 Å². The zero-order valence-electron chi connectivity index (χ0n) is 16.0. The third-order valence-electron chi connectivity index (χ3n) is 4.78. The summed E-state index contributed by atoms with van der Waals surface area (Å²) in [5.74, 6) is 0. The van der Waals surface area contributed by atoms with Gasteiger partial charge in [-0.1, -0.05) is 64.1 Å². The number of hydrogen-bond donors (Lipinski definition) is 0. The van der Waals surface area contributed by atoms with E-state index in [1.54, 1.807) is 0 Å². The number of aryl methyl sites for hydroxylation is 2. The highest BCUT2D eigenvalue weighted by atomic mass is 31.1. The van der Waals surface area contributed by atoms with E-state index in [0.717, 1.165) is 25.7 Å². The van der Waals surface area contributed by atoms with E-state index < -0.39 is 0 Å². The van der Waals surface area contributed by atoms with Gasteiger partial charge in [0.1, 0.15) is 0 Å². The quantitative estimate of drug-likeness (QED) is 0.373. The van der Waals surface area contributed by atoms with E-state index in [1.807, 2.05) is 0 Å². The Balaban J connectivity index is 1.87. The van der Waals surface area contributed by atoms with Gasteiger partial charge in [0, 0.05) is 0 Å². The minimum atomic E-state index is 0.0737. The van der Waals surface area contributed by atoms with Crippen molar-refractivity contribution in [1.29, 1.82) is 0 Å². The molecule has 0 heterocycles. The third kappa shape index (κ3) is 5.38. The SMILES string of the molecule is CCc1cccc(COPOCc2cccc(CC)c2CC)c1CC. The number of hydrogen-bond acceptors (Lipinski definition) is 2. The summed E-state index contributed by atoms with van der Waals surface area (Å²) in [6.45, 7) is 10.1. The fourth-order valence-electron chi connectivity index (χ4n) is 3.47. The number of benzene rings is 2. The predicted octanol–water partition coefficient (Wildman–Crippen LogP) is 6.18. The maximum atomic E-state index is 5.82. The molecule has 2 aromatic rings. The van der Waals surface area contributed by atoms with Crippen molar-refractivity contribution < 1.29 is 9.05 Å². The van der Waals surface area contributed by atoms with E-state index in [2.05, 4.69) is 64.1 Å². The molecule has 3 heteroatoms. The molecule has 136 valence electrons. The third-order valence-corrected chi connectivity index (χ3v) is 5.31. The van der Waals surface area contributed by atoms with Crippen LogP contribution < -0.4 is 0 Å². The van der Waals surface area contributed by atoms with Gasteiger partial charge in [0.15, 0.2) is 9.03 Å². The highest BCUT2D eigenvalue weighted by Gasteiger charge is 2.07. The first-order valence-electron chi connectivity index (χ1n) is 9.42. The Kier molecular flexibility index (Phi) is 8.61. The van der Waals surface area contributed by atoms with E-state index in [4.69, 9.17) is 9.05 Å². The Morgan fingerprint density at radius 2 is 1.00 bits per heavy atom. The van der Waals surface area contributed by atoms with Crippen LogP contribution in [-0.4, -0.2) is 0 Å². The fourth-order valence-corrected chi connectivity index (χ4v) is 3.99. The molecule has 0 atom stereocenters. The minimum Gasteiger partial charge on any atom is -0.331 e. The Morgan fingerprint density at radius 3 is 1.36 bits per heavy atom. The second kappa shape index (κ2) is 10.7. The van der Waals surface area contributed by atoms with Crippen molar-refractivity contribution in [2.45, 2.75) is 66.6 Å². The van der Waals surface area contributed by atoms with E-state index >= 15 is 0 Å². The Labute approximate surface area is 154 Å². The van der Waals surface area contributed by atoms with Crippen LogP contribution in [-0.2, 0) is 47.9 Å². The van der Waals surface area contributed by atoms with Crippen LogP contribution >= 0.6 is 9.03 Å². The van der Waals surface area contributed by atoms with Crippen LogP contribution in [0.4, 0.5) is 0 Å². The second-order valence-corrected chi connectivity index (χ2v) is 6.93. The molecule has 0 unspecified atom stereocenters. The topological polar surface area (TPSA) is 18.5 Å². The van der Waals surface area contributed by atoms with Gasteiger partial charge in [0.2, 0.25) is 0 Å². The normalized spacial score (nSPS) is 11.0. The van der Waals surface area contributed by atoms with Crippen molar-refractivity contribution in [1.82, 2.24) is 0 Å². The molecule has 0 spiro atoms. The summed E-state index contributed by atoms with van der Waals surface area (Å²) in [5.41, 5.74) is 8.30. The average molecular weight is 358 g/mol. The summed E-state index contributed by atoms with van der Waals surface area (Å²) in [6, 6.07) is 13.0. The predicted molar refractivity (Wildman–Crippen MR) is 108 cm³/mol. The number of rotatable bonds is 10. The minimum absolute atomic E-state index is 0.0737. The molecule has 0 aromatic heterocycles. The van der Waals surface area contributed by atoms with E-state index in [0.29, 0.717) is 13.2 Å². The summed E-state index contributed by atoms with van der Waals surface area (Å²) in [5, 5.41) is 0. The van der Waals surface area contributed by atoms with Crippen LogP contribution in [0.3, 0.4) is 0 Å². The zero-order chi connectivity index (χ0) is 18.1. The summed E-state index contributed by atoms with van der Waals surface area (Å²) < 4.78 is 11.6. The Hall–Kier alpha value is -1.21. The highest BCUT2D eigenvalue weighted by Crippen LogP contribution is 2.25. The molecule has 0 radical (unpaired) electrons. The van der Waals surface area contributed by atoms with Gasteiger partial charge in [-0.05, 0) is 59.1 Å². The van der Waals surface area contributed by atoms with Crippen LogP contribution in [0.25, 0.3) is 0 Å². The molecule has 0 aliphatic carbocycles. The molecule has 0 saturated heterocycles. The average Bonchev–Trinajstić information content (AvgIpc) is 2.66. The Morgan fingerprint density at radius 1 is 0.600 bits per heavy atom. The van der Waals surface area contributed by atoms with Gasteiger partial charge < -0.3 is 9.05 Å². The highest BCUT2D eigenvalue weighted by molar-refractivity contribution is 7.26. The van der Waals surface area contributed by atoms with Crippen molar-refractivity contribution >= 4 is 9.03 Å². The van der Waals surface area contributed by atoms with Gasteiger partial charge in [0.05, 0.1) is 13.2 Å². The molecule has 2 nitrogen and oxygen atoms in total. The lowest BCUT2D eigenvalue weighted by atomic mass is 9.98. The molecule has 0 N–H and O–H groups in total. The van der Waals surface area contributed by atoms with Gasteiger partial charge >= 0.3 is 0 Å². The lowest BCUT2D eigenvalue weighted by Gasteiger charge is -2.14. The summed E-state index contributed by atoms with van der Waals surface area (Å²) in [4.78, 5) is 0. The standard InChI is InChI=1S/C22H31O2P/c1-5-17-11-9-13-19(21(17)7-3)15-23-25-24-16-20-14-10-12-18(6-2)22(20)8-4/h9-14,25H,5-8,15-16H2,1-4H3. The van der Waals surface area contributed by atoms with Gasteiger partial charge in [-0.25, -0.2) is 0 Å². The lowest BCUT2D eigenvalue weighted by molar-refractivity contribution is 0.252. The molecule has 0 saturated carbocycles. The van der Waals surface area contributed by atoms with Crippen LogP contribution in [0.15, 0.2) is 36.4 Å². The molecular formula is C22H31O2P.